The highest BCUT2D eigenvalue weighted by Gasteiger charge is 2.60. The standard InChI is InChI=1S/C13H15NO3/c15-7-11-10-6-14(13(17)12(10)11)5-8-1-3-9(16)4-2-8/h1-4,10-12,15-16H,5-7H2. The summed E-state index contributed by atoms with van der Waals surface area (Å²) in [6.45, 7) is 1.49. The van der Waals surface area contributed by atoms with Crippen molar-refractivity contribution in [3.05, 3.63) is 29.8 Å². The molecule has 3 unspecified atom stereocenters. The molecular weight excluding hydrogens is 218 g/mol. The monoisotopic (exact) mass is 233 g/mol. The normalized spacial score (nSPS) is 30.5. The zero-order chi connectivity index (χ0) is 12.0. The van der Waals surface area contributed by atoms with Gasteiger partial charge in [-0.15, -0.1) is 0 Å². The van der Waals surface area contributed by atoms with Crippen molar-refractivity contribution >= 4 is 5.91 Å². The molecule has 1 aliphatic carbocycles. The van der Waals surface area contributed by atoms with E-state index in [0.29, 0.717) is 12.5 Å². The largest absolute Gasteiger partial charge is 0.508 e. The van der Waals surface area contributed by atoms with Gasteiger partial charge in [0, 0.05) is 25.6 Å². The van der Waals surface area contributed by atoms with Crippen molar-refractivity contribution < 1.29 is 15.0 Å². The zero-order valence-electron chi connectivity index (χ0n) is 9.41. The minimum absolute atomic E-state index is 0.0668. The molecule has 4 nitrogen and oxygen atoms in total. The smallest absolute Gasteiger partial charge is 0.226 e. The molecule has 1 aromatic carbocycles. The van der Waals surface area contributed by atoms with Gasteiger partial charge in [0.15, 0.2) is 0 Å². The second-order valence-electron chi connectivity index (χ2n) is 4.92. The molecule has 1 aromatic rings. The van der Waals surface area contributed by atoms with Crippen molar-refractivity contribution in [2.75, 3.05) is 13.2 Å². The summed E-state index contributed by atoms with van der Waals surface area (Å²) in [5.41, 5.74) is 1.03. The summed E-state index contributed by atoms with van der Waals surface area (Å²) < 4.78 is 0. The number of hydrogen-bond donors (Lipinski definition) is 2. The predicted octanol–water partition coefficient (Wildman–Crippen LogP) is 0.589. The highest BCUT2D eigenvalue weighted by Crippen LogP contribution is 2.52. The molecule has 90 valence electrons. The van der Waals surface area contributed by atoms with Crippen LogP contribution in [0.5, 0.6) is 5.75 Å². The summed E-state index contributed by atoms with van der Waals surface area (Å²) in [6.07, 6.45) is 0. The van der Waals surface area contributed by atoms with Crippen LogP contribution in [0.1, 0.15) is 5.56 Å². The fourth-order valence-electron chi connectivity index (χ4n) is 2.83. The number of phenols is 1. The molecule has 1 heterocycles. The van der Waals surface area contributed by atoms with Gasteiger partial charge in [0.2, 0.25) is 5.91 Å². The van der Waals surface area contributed by atoms with Gasteiger partial charge in [-0.1, -0.05) is 12.1 Å². The number of piperidine rings is 1. The Morgan fingerprint density at radius 3 is 2.53 bits per heavy atom. The van der Waals surface area contributed by atoms with Crippen LogP contribution in [0.2, 0.25) is 0 Å². The van der Waals surface area contributed by atoms with Crippen molar-refractivity contribution in [1.82, 2.24) is 4.90 Å². The number of hydrogen-bond acceptors (Lipinski definition) is 3. The second kappa shape index (κ2) is 3.74. The number of carbonyl (C=O) groups excluding carboxylic acids is 1. The number of fused-ring (bicyclic) bond motifs is 1. The highest BCUT2D eigenvalue weighted by atomic mass is 16.3. The zero-order valence-corrected chi connectivity index (χ0v) is 9.41. The number of aliphatic hydroxyl groups excluding tert-OH is 1. The Bertz CT molecular complexity index is 442. The van der Waals surface area contributed by atoms with E-state index in [1.54, 1.807) is 12.1 Å². The van der Waals surface area contributed by atoms with Crippen molar-refractivity contribution in [2.24, 2.45) is 17.8 Å². The molecule has 1 saturated heterocycles. The molecule has 17 heavy (non-hydrogen) atoms. The molecule has 3 rings (SSSR count). The first-order chi connectivity index (χ1) is 8.20. The Balaban J connectivity index is 1.65. The van der Waals surface area contributed by atoms with Crippen LogP contribution >= 0.6 is 0 Å². The number of rotatable bonds is 3. The van der Waals surface area contributed by atoms with Gasteiger partial charge in [-0.25, -0.2) is 0 Å². The fourth-order valence-corrected chi connectivity index (χ4v) is 2.83. The molecule has 1 saturated carbocycles. The third kappa shape index (κ3) is 1.69. The first kappa shape index (κ1) is 10.6. The summed E-state index contributed by atoms with van der Waals surface area (Å²) in [6, 6.07) is 6.92. The number of carbonyl (C=O) groups is 1. The average molecular weight is 233 g/mol. The maximum atomic E-state index is 12.0. The summed E-state index contributed by atoms with van der Waals surface area (Å²) in [5.74, 6) is 1.05. The lowest BCUT2D eigenvalue weighted by molar-refractivity contribution is -0.131. The van der Waals surface area contributed by atoms with Crippen LogP contribution in [0.25, 0.3) is 0 Å². The quantitative estimate of drug-likeness (QED) is 0.803. The minimum Gasteiger partial charge on any atom is -0.508 e. The third-order valence-electron chi connectivity index (χ3n) is 3.88. The topological polar surface area (TPSA) is 60.8 Å². The Kier molecular flexibility index (Phi) is 2.33. The van der Waals surface area contributed by atoms with Gasteiger partial charge < -0.3 is 15.1 Å². The molecule has 2 aliphatic rings. The number of benzene rings is 1. The van der Waals surface area contributed by atoms with E-state index in [9.17, 15) is 9.90 Å². The molecule has 3 atom stereocenters. The molecule has 0 aromatic heterocycles. The number of aromatic hydroxyl groups is 1. The lowest BCUT2D eigenvalue weighted by atomic mass is 10.2. The van der Waals surface area contributed by atoms with Crippen molar-refractivity contribution in [1.29, 1.82) is 0 Å². The Morgan fingerprint density at radius 2 is 2.00 bits per heavy atom. The minimum atomic E-state index is 0.0668. The van der Waals surface area contributed by atoms with E-state index in [2.05, 4.69) is 0 Å². The Hall–Kier alpha value is -1.55. The van der Waals surface area contributed by atoms with E-state index in [1.807, 2.05) is 17.0 Å². The predicted molar refractivity (Wildman–Crippen MR) is 61.1 cm³/mol. The summed E-state index contributed by atoms with van der Waals surface area (Å²) in [5, 5.41) is 18.2. The summed E-state index contributed by atoms with van der Waals surface area (Å²) >= 11 is 0. The van der Waals surface area contributed by atoms with E-state index < -0.39 is 0 Å². The lowest BCUT2D eigenvalue weighted by Gasteiger charge is -2.19. The van der Waals surface area contributed by atoms with E-state index in [0.717, 1.165) is 12.1 Å². The van der Waals surface area contributed by atoms with Crippen molar-refractivity contribution in [2.45, 2.75) is 6.54 Å². The fraction of sp³-hybridized carbons (Fsp3) is 0.462. The van der Waals surface area contributed by atoms with Crippen LogP contribution in [-0.2, 0) is 11.3 Å². The van der Waals surface area contributed by atoms with Gasteiger partial charge in [-0.2, -0.15) is 0 Å². The molecule has 2 fully saturated rings. The first-order valence-corrected chi connectivity index (χ1v) is 5.88. The molecule has 2 N–H and O–H groups in total. The Morgan fingerprint density at radius 1 is 1.29 bits per heavy atom. The number of likely N-dealkylation sites (tertiary alicyclic amines) is 1. The molecule has 1 aliphatic heterocycles. The van der Waals surface area contributed by atoms with E-state index in [4.69, 9.17) is 5.11 Å². The van der Waals surface area contributed by atoms with Crippen LogP contribution in [0.15, 0.2) is 24.3 Å². The highest BCUT2D eigenvalue weighted by molar-refractivity contribution is 5.85. The van der Waals surface area contributed by atoms with Gasteiger partial charge >= 0.3 is 0 Å². The van der Waals surface area contributed by atoms with Crippen LogP contribution in [0.4, 0.5) is 0 Å². The lowest BCUT2D eigenvalue weighted by Crippen LogP contribution is -2.30. The number of amides is 1. The molecule has 0 radical (unpaired) electrons. The first-order valence-electron chi connectivity index (χ1n) is 5.88. The van der Waals surface area contributed by atoms with Crippen molar-refractivity contribution in [3.63, 3.8) is 0 Å². The molecule has 0 bridgehead atoms. The van der Waals surface area contributed by atoms with Gasteiger partial charge in [-0.05, 0) is 29.5 Å². The average Bonchev–Trinajstić information content (AvgIpc) is 2.94. The number of aliphatic hydroxyl groups is 1. The van der Waals surface area contributed by atoms with Gasteiger partial charge in [0.05, 0.1) is 0 Å². The SMILES string of the molecule is O=C1C2C(CO)C2CN1Cc1ccc(O)cc1. The van der Waals surface area contributed by atoms with Crippen LogP contribution < -0.4 is 0 Å². The maximum Gasteiger partial charge on any atom is 0.226 e. The van der Waals surface area contributed by atoms with E-state index >= 15 is 0 Å². The molecule has 4 heteroatoms. The maximum absolute atomic E-state index is 12.0. The van der Waals surface area contributed by atoms with E-state index in [1.165, 1.54) is 0 Å². The van der Waals surface area contributed by atoms with Gasteiger partial charge in [-0.3, -0.25) is 4.79 Å². The van der Waals surface area contributed by atoms with Gasteiger partial charge in [0.1, 0.15) is 5.75 Å². The third-order valence-corrected chi connectivity index (χ3v) is 3.88. The molecule has 0 spiro atoms. The summed E-state index contributed by atoms with van der Waals surface area (Å²) in [7, 11) is 0. The van der Waals surface area contributed by atoms with Crippen LogP contribution in [-0.4, -0.2) is 34.2 Å². The molecule has 1 amide bonds. The van der Waals surface area contributed by atoms with Crippen molar-refractivity contribution in [3.8, 4) is 5.75 Å². The summed E-state index contributed by atoms with van der Waals surface area (Å²) in [4.78, 5) is 13.8. The number of phenolic OH excluding ortho intramolecular Hbond substituents is 1. The van der Waals surface area contributed by atoms with E-state index in [-0.39, 0.29) is 30.1 Å². The number of nitrogens with zero attached hydrogens (tertiary/aromatic N) is 1. The second-order valence-corrected chi connectivity index (χ2v) is 4.92. The van der Waals surface area contributed by atoms with Crippen LogP contribution in [0.3, 0.4) is 0 Å². The Labute approximate surface area is 99.5 Å². The van der Waals surface area contributed by atoms with Crippen LogP contribution in [0, 0.1) is 17.8 Å². The van der Waals surface area contributed by atoms with Gasteiger partial charge in [0.25, 0.3) is 0 Å². The molecular formula is C13H15NO3.